The van der Waals surface area contributed by atoms with Crippen LogP contribution >= 0.6 is 0 Å². The first-order valence-electron chi connectivity index (χ1n) is 11.2. The summed E-state index contributed by atoms with van der Waals surface area (Å²) in [6.07, 6.45) is 2.19. The second-order valence-corrected chi connectivity index (χ2v) is 10.1. The number of carbonyl (C=O) groups is 1. The Morgan fingerprint density at radius 3 is 2.40 bits per heavy atom. The van der Waals surface area contributed by atoms with Crippen molar-refractivity contribution < 1.29 is 9.53 Å². The van der Waals surface area contributed by atoms with Crippen molar-refractivity contribution in [2.75, 3.05) is 31.1 Å². The Morgan fingerprint density at radius 1 is 1.17 bits per heavy atom. The number of aromatic nitrogens is 1. The molecule has 0 unspecified atom stereocenters. The largest absolute Gasteiger partial charge is 0.370 e. The van der Waals surface area contributed by atoms with Crippen LogP contribution in [-0.2, 0) is 29.0 Å². The molecule has 0 atom stereocenters. The van der Waals surface area contributed by atoms with Gasteiger partial charge in [0.05, 0.1) is 23.5 Å². The third kappa shape index (κ3) is 4.95. The van der Waals surface area contributed by atoms with Gasteiger partial charge in [-0.3, -0.25) is 4.79 Å². The summed E-state index contributed by atoms with van der Waals surface area (Å²) >= 11 is 0. The smallest absolute Gasteiger partial charge is 0.222 e. The Kier molecular flexibility index (Phi) is 6.71. The van der Waals surface area contributed by atoms with Crippen LogP contribution in [0.5, 0.6) is 0 Å². The van der Waals surface area contributed by atoms with E-state index in [0.717, 1.165) is 35.5 Å². The molecule has 1 saturated heterocycles. The van der Waals surface area contributed by atoms with E-state index in [9.17, 15) is 10.1 Å². The topological polar surface area (TPSA) is 69.5 Å². The van der Waals surface area contributed by atoms with Crippen LogP contribution in [0.4, 0.5) is 5.82 Å². The number of amides is 1. The van der Waals surface area contributed by atoms with Gasteiger partial charge in [0.1, 0.15) is 11.9 Å². The lowest BCUT2D eigenvalue weighted by molar-refractivity contribution is -0.132. The molecule has 6 heteroatoms. The van der Waals surface area contributed by atoms with Crippen molar-refractivity contribution in [3.05, 3.63) is 22.4 Å². The fourth-order valence-electron chi connectivity index (χ4n) is 4.38. The molecule has 6 nitrogen and oxygen atoms in total. The van der Waals surface area contributed by atoms with Crippen LogP contribution in [0, 0.1) is 23.2 Å². The minimum Gasteiger partial charge on any atom is -0.370 e. The summed E-state index contributed by atoms with van der Waals surface area (Å²) in [5, 5.41) is 10.1. The van der Waals surface area contributed by atoms with Gasteiger partial charge in [-0.2, -0.15) is 5.26 Å². The lowest BCUT2D eigenvalue weighted by Gasteiger charge is -2.38. The standard InChI is InChI=1S/C24H36N4O2/c1-16(2)11-18-19(14-25)23(26-21-13-24(5,6)30-15-20(18)21)28-9-7-27(8-10-28)22(29)12-17(3)4/h16-17H,7-13,15H2,1-6H3. The summed E-state index contributed by atoms with van der Waals surface area (Å²) in [6, 6.07) is 2.46. The maximum Gasteiger partial charge on any atom is 0.222 e. The zero-order chi connectivity index (χ0) is 22.1. The van der Waals surface area contributed by atoms with E-state index in [1.165, 1.54) is 0 Å². The second-order valence-electron chi connectivity index (χ2n) is 10.1. The Morgan fingerprint density at radius 2 is 1.83 bits per heavy atom. The van der Waals surface area contributed by atoms with Gasteiger partial charge in [0.25, 0.3) is 0 Å². The molecule has 0 aromatic carbocycles. The van der Waals surface area contributed by atoms with Crippen LogP contribution in [0.25, 0.3) is 0 Å². The number of rotatable bonds is 5. The highest BCUT2D eigenvalue weighted by molar-refractivity contribution is 5.76. The summed E-state index contributed by atoms with van der Waals surface area (Å²) in [5.74, 6) is 1.83. The molecule has 1 aromatic rings. The average Bonchev–Trinajstić information content (AvgIpc) is 2.66. The number of fused-ring (bicyclic) bond motifs is 1. The molecule has 0 spiro atoms. The molecule has 0 bridgehead atoms. The fraction of sp³-hybridized carbons (Fsp3) is 0.708. The van der Waals surface area contributed by atoms with E-state index >= 15 is 0 Å². The number of pyridine rings is 1. The van der Waals surface area contributed by atoms with Crippen molar-refractivity contribution in [3.63, 3.8) is 0 Å². The number of ether oxygens (including phenoxy) is 1. The summed E-state index contributed by atoms with van der Waals surface area (Å²) in [5.41, 5.74) is 3.71. The monoisotopic (exact) mass is 412 g/mol. The third-order valence-electron chi connectivity index (χ3n) is 5.92. The molecule has 3 heterocycles. The molecule has 0 N–H and O–H groups in total. The summed E-state index contributed by atoms with van der Waals surface area (Å²) in [7, 11) is 0. The van der Waals surface area contributed by atoms with Crippen molar-refractivity contribution >= 4 is 11.7 Å². The molecular weight excluding hydrogens is 376 g/mol. The van der Waals surface area contributed by atoms with Crippen LogP contribution in [-0.4, -0.2) is 47.6 Å². The predicted molar refractivity (Wildman–Crippen MR) is 118 cm³/mol. The Hall–Kier alpha value is -2.13. The summed E-state index contributed by atoms with van der Waals surface area (Å²) < 4.78 is 6.06. The SMILES string of the molecule is CC(C)CC(=O)N1CCN(c2nc3c(c(CC(C)C)c2C#N)COC(C)(C)C3)CC1. The molecule has 30 heavy (non-hydrogen) atoms. The Labute approximate surface area is 181 Å². The molecular formula is C24H36N4O2. The van der Waals surface area contributed by atoms with E-state index in [-0.39, 0.29) is 11.5 Å². The van der Waals surface area contributed by atoms with E-state index in [1.54, 1.807) is 0 Å². The van der Waals surface area contributed by atoms with E-state index in [1.807, 2.05) is 4.90 Å². The summed E-state index contributed by atoms with van der Waals surface area (Å²) in [4.78, 5) is 21.6. The first-order chi connectivity index (χ1) is 14.1. The van der Waals surface area contributed by atoms with Gasteiger partial charge in [-0.1, -0.05) is 27.7 Å². The normalized spacial score (nSPS) is 18.5. The van der Waals surface area contributed by atoms with Crippen LogP contribution in [0.2, 0.25) is 0 Å². The number of carbonyl (C=O) groups excluding carboxylic acids is 1. The van der Waals surface area contributed by atoms with Crippen molar-refractivity contribution in [2.45, 2.75) is 73.0 Å². The molecule has 0 aliphatic carbocycles. The van der Waals surface area contributed by atoms with Crippen molar-refractivity contribution in [1.82, 2.24) is 9.88 Å². The summed E-state index contributed by atoms with van der Waals surface area (Å²) in [6.45, 7) is 16.0. The highest BCUT2D eigenvalue weighted by atomic mass is 16.5. The van der Waals surface area contributed by atoms with Crippen LogP contribution in [0.15, 0.2) is 0 Å². The third-order valence-corrected chi connectivity index (χ3v) is 5.92. The Balaban J connectivity index is 1.91. The molecule has 1 fully saturated rings. The van der Waals surface area contributed by atoms with Crippen molar-refractivity contribution in [3.8, 4) is 6.07 Å². The van der Waals surface area contributed by atoms with Gasteiger partial charge in [-0.15, -0.1) is 0 Å². The van der Waals surface area contributed by atoms with Crippen molar-refractivity contribution in [1.29, 1.82) is 5.26 Å². The zero-order valence-corrected chi connectivity index (χ0v) is 19.4. The number of nitriles is 1. The van der Waals surface area contributed by atoms with Crippen LogP contribution in [0.1, 0.15) is 70.3 Å². The van der Waals surface area contributed by atoms with Gasteiger partial charge in [0.2, 0.25) is 5.91 Å². The number of anilines is 1. The lowest BCUT2D eigenvalue weighted by Crippen LogP contribution is -2.49. The molecule has 1 amide bonds. The van der Waals surface area contributed by atoms with Crippen LogP contribution < -0.4 is 4.90 Å². The second kappa shape index (κ2) is 8.93. The van der Waals surface area contributed by atoms with Gasteiger partial charge >= 0.3 is 0 Å². The van der Waals surface area contributed by atoms with Gasteiger partial charge in [-0.05, 0) is 37.7 Å². The number of hydrogen-bond donors (Lipinski definition) is 0. The molecule has 2 aliphatic heterocycles. The zero-order valence-electron chi connectivity index (χ0n) is 19.4. The molecule has 0 radical (unpaired) electrons. The van der Waals surface area contributed by atoms with Crippen molar-refractivity contribution in [2.24, 2.45) is 11.8 Å². The van der Waals surface area contributed by atoms with E-state index in [0.29, 0.717) is 56.6 Å². The van der Waals surface area contributed by atoms with Gasteiger partial charge in [0.15, 0.2) is 0 Å². The van der Waals surface area contributed by atoms with Crippen LogP contribution in [0.3, 0.4) is 0 Å². The molecule has 0 saturated carbocycles. The van der Waals surface area contributed by atoms with Gasteiger partial charge in [0, 0.05) is 44.6 Å². The first kappa shape index (κ1) is 22.6. The average molecular weight is 413 g/mol. The molecule has 2 aliphatic rings. The maximum absolute atomic E-state index is 12.4. The number of nitrogens with zero attached hydrogens (tertiary/aromatic N) is 4. The van der Waals surface area contributed by atoms with E-state index in [2.05, 4.69) is 52.5 Å². The highest BCUT2D eigenvalue weighted by Crippen LogP contribution is 2.35. The predicted octanol–water partition coefficient (Wildman–Crippen LogP) is 3.70. The molecule has 1 aromatic heterocycles. The van der Waals surface area contributed by atoms with E-state index in [4.69, 9.17) is 9.72 Å². The Bertz CT molecular complexity index is 831. The highest BCUT2D eigenvalue weighted by Gasteiger charge is 2.33. The fourth-order valence-corrected chi connectivity index (χ4v) is 4.38. The maximum atomic E-state index is 12.4. The minimum absolute atomic E-state index is 0.225. The molecule has 3 rings (SSSR count). The number of hydrogen-bond acceptors (Lipinski definition) is 5. The van der Waals surface area contributed by atoms with Gasteiger partial charge in [-0.25, -0.2) is 4.98 Å². The molecule has 164 valence electrons. The quantitative estimate of drug-likeness (QED) is 0.738. The van der Waals surface area contributed by atoms with Gasteiger partial charge < -0.3 is 14.5 Å². The first-order valence-corrected chi connectivity index (χ1v) is 11.2. The lowest BCUT2D eigenvalue weighted by atomic mass is 9.88. The number of piperazine rings is 1. The minimum atomic E-state index is -0.248. The van der Waals surface area contributed by atoms with E-state index < -0.39 is 0 Å².